The minimum atomic E-state index is -0.295. The van der Waals surface area contributed by atoms with Crippen LogP contribution in [0, 0.1) is 6.92 Å². The van der Waals surface area contributed by atoms with Crippen molar-refractivity contribution in [3.8, 4) is 28.4 Å². The zero-order valence-electron chi connectivity index (χ0n) is 25.4. The molecule has 3 N–H and O–H groups in total. The predicted octanol–water partition coefficient (Wildman–Crippen LogP) is 5.19. The third kappa shape index (κ3) is 7.32. The van der Waals surface area contributed by atoms with E-state index >= 15 is 0 Å². The Kier molecular flexibility index (Phi) is 9.97. The lowest BCUT2D eigenvalue weighted by Gasteiger charge is -2.26. The number of methoxy groups -OCH3 is 1. The van der Waals surface area contributed by atoms with Crippen LogP contribution in [0.15, 0.2) is 60.9 Å². The van der Waals surface area contributed by atoms with E-state index in [2.05, 4.69) is 25.9 Å². The third-order valence-corrected chi connectivity index (χ3v) is 8.55. The van der Waals surface area contributed by atoms with Crippen molar-refractivity contribution in [2.24, 2.45) is 0 Å². The monoisotopic (exact) mass is 628 g/mol. The van der Waals surface area contributed by atoms with Crippen molar-refractivity contribution in [2.45, 2.75) is 45.1 Å². The summed E-state index contributed by atoms with van der Waals surface area (Å²) in [6, 6.07) is 15.1. The highest BCUT2D eigenvalue weighted by atomic mass is 35.5. The topological polar surface area (TPSA) is 120 Å². The maximum absolute atomic E-state index is 13.1. The van der Waals surface area contributed by atoms with Gasteiger partial charge in [-0.15, -0.1) is 0 Å². The molecule has 0 bridgehead atoms. The normalized spacial score (nSPS) is 17.3. The summed E-state index contributed by atoms with van der Waals surface area (Å²) in [5, 5.41) is 10.2. The largest absolute Gasteiger partial charge is 0.481 e. The quantitative estimate of drug-likeness (QED) is 0.184. The van der Waals surface area contributed by atoms with Crippen LogP contribution in [0.4, 0.5) is 5.69 Å². The first-order valence-corrected chi connectivity index (χ1v) is 15.6. The molecule has 2 aliphatic heterocycles. The average molecular weight is 629 g/mol. The van der Waals surface area contributed by atoms with E-state index in [1.807, 2.05) is 49.4 Å². The maximum atomic E-state index is 13.1. The van der Waals surface area contributed by atoms with E-state index in [0.29, 0.717) is 52.9 Å². The lowest BCUT2D eigenvalue weighted by atomic mass is 10.0. The van der Waals surface area contributed by atoms with Crippen LogP contribution in [0.3, 0.4) is 0 Å². The van der Waals surface area contributed by atoms with Crippen LogP contribution >= 0.6 is 11.6 Å². The third-order valence-electron chi connectivity index (χ3n) is 8.17. The van der Waals surface area contributed by atoms with Crippen molar-refractivity contribution in [3.05, 3.63) is 88.3 Å². The van der Waals surface area contributed by atoms with Crippen LogP contribution in [-0.2, 0) is 22.6 Å². The van der Waals surface area contributed by atoms with Crippen molar-refractivity contribution in [1.29, 1.82) is 0 Å². The minimum absolute atomic E-state index is 0.279. The summed E-state index contributed by atoms with van der Waals surface area (Å²) in [5.41, 5.74) is 6.57. The number of hydrogen-bond donors (Lipinski definition) is 3. The molecule has 0 unspecified atom stereocenters. The van der Waals surface area contributed by atoms with Crippen LogP contribution in [-0.4, -0.2) is 66.5 Å². The smallest absolute Gasteiger partial charge is 0.274 e. The Morgan fingerprint density at radius 2 is 1.71 bits per heavy atom. The highest BCUT2D eigenvalue weighted by Gasteiger charge is 2.20. The average Bonchev–Trinajstić information content (AvgIpc) is 3.01. The summed E-state index contributed by atoms with van der Waals surface area (Å²) in [7, 11) is 1.61. The second-order valence-corrected chi connectivity index (χ2v) is 11.6. The van der Waals surface area contributed by atoms with Crippen molar-refractivity contribution >= 4 is 23.2 Å². The summed E-state index contributed by atoms with van der Waals surface area (Å²) in [5.74, 6) is 0.238. The number of rotatable bonds is 13. The molecule has 0 radical (unpaired) electrons. The number of hydrogen-bond acceptors (Lipinski definition) is 9. The van der Waals surface area contributed by atoms with Gasteiger partial charge in [0.1, 0.15) is 5.69 Å². The van der Waals surface area contributed by atoms with E-state index < -0.39 is 0 Å². The number of halogens is 1. The second-order valence-electron chi connectivity index (χ2n) is 11.2. The maximum Gasteiger partial charge on any atom is 0.274 e. The molecule has 10 nitrogen and oxygen atoms in total. The van der Waals surface area contributed by atoms with Crippen molar-refractivity contribution < 1.29 is 19.0 Å². The molecule has 3 aromatic heterocycles. The van der Waals surface area contributed by atoms with Gasteiger partial charge in [-0.2, -0.15) is 0 Å². The molecule has 1 aromatic carbocycles. The lowest BCUT2D eigenvalue weighted by Crippen LogP contribution is -2.36. The first-order chi connectivity index (χ1) is 22.0. The Balaban J connectivity index is 1.15. The number of carbonyl (C=O) groups is 1. The minimum Gasteiger partial charge on any atom is -0.481 e. The summed E-state index contributed by atoms with van der Waals surface area (Å²) >= 11 is 6.98. The molecule has 11 heteroatoms. The van der Waals surface area contributed by atoms with Gasteiger partial charge in [-0.25, -0.2) is 4.98 Å². The molecule has 4 aromatic rings. The highest BCUT2D eigenvalue weighted by molar-refractivity contribution is 6.35. The number of amides is 1. The summed E-state index contributed by atoms with van der Waals surface area (Å²) < 4.78 is 16.5. The van der Waals surface area contributed by atoms with Crippen LogP contribution in [0.25, 0.3) is 22.5 Å². The number of nitrogens with zero attached hydrogens (tertiary/aromatic N) is 3. The van der Waals surface area contributed by atoms with Crippen LogP contribution in [0.1, 0.15) is 40.0 Å². The van der Waals surface area contributed by atoms with Crippen molar-refractivity contribution in [1.82, 2.24) is 25.6 Å². The molecule has 6 rings (SSSR count). The van der Waals surface area contributed by atoms with Gasteiger partial charge in [0.15, 0.2) is 0 Å². The van der Waals surface area contributed by atoms with Crippen molar-refractivity contribution in [3.63, 3.8) is 0 Å². The van der Waals surface area contributed by atoms with Crippen LogP contribution in [0.2, 0.25) is 5.02 Å². The fourth-order valence-electron chi connectivity index (χ4n) is 5.27. The second kappa shape index (κ2) is 14.4. The van der Waals surface area contributed by atoms with Gasteiger partial charge < -0.3 is 30.2 Å². The Hall–Kier alpha value is -3.93. The number of benzene rings is 1. The van der Waals surface area contributed by atoms with Crippen LogP contribution < -0.4 is 20.7 Å². The molecule has 5 heterocycles. The van der Waals surface area contributed by atoms with Crippen LogP contribution in [0.5, 0.6) is 5.88 Å². The van der Waals surface area contributed by atoms with Gasteiger partial charge >= 0.3 is 0 Å². The van der Waals surface area contributed by atoms with Gasteiger partial charge in [0.2, 0.25) is 5.88 Å². The Morgan fingerprint density at radius 3 is 2.38 bits per heavy atom. The summed E-state index contributed by atoms with van der Waals surface area (Å²) in [6.45, 7) is 6.50. The van der Waals surface area contributed by atoms with Gasteiger partial charge in [-0.1, -0.05) is 35.9 Å². The lowest BCUT2D eigenvalue weighted by molar-refractivity contribution is -0.0485. The number of aromatic nitrogens is 3. The number of anilines is 1. The van der Waals surface area contributed by atoms with Gasteiger partial charge in [-0.3, -0.25) is 14.8 Å². The number of pyridine rings is 3. The molecule has 2 atom stereocenters. The standard InChI is InChI=1S/C34H37ClN6O4/c1-21-26(4-3-5-28(21)40-33(42)30-8-6-22(17-39-30)16-36-19-24-11-14-44-24)32-31(35)27(10-13-38-32)29-9-7-23(34(41-29)43-2)18-37-20-25-12-15-45-25/h3-10,13,17,24-25,36-37H,11-12,14-16,18-20H2,1-2H3,(H,40,42)/t24-,25+/m0/s1. The van der Waals surface area contributed by atoms with E-state index in [1.54, 1.807) is 25.6 Å². The van der Waals surface area contributed by atoms with E-state index in [0.717, 1.165) is 67.0 Å². The first kappa shape index (κ1) is 31.1. The Labute approximate surface area is 267 Å². The molecule has 0 aliphatic carbocycles. The molecule has 1 amide bonds. The zero-order chi connectivity index (χ0) is 31.2. The summed E-state index contributed by atoms with van der Waals surface area (Å²) in [4.78, 5) is 26.9. The molecule has 0 spiro atoms. The van der Waals surface area contributed by atoms with E-state index in [-0.39, 0.29) is 12.0 Å². The zero-order valence-corrected chi connectivity index (χ0v) is 26.2. The fraction of sp³-hybridized carbons (Fsp3) is 0.353. The molecule has 2 fully saturated rings. The van der Waals surface area contributed by atoms with Gasteiger partial charge in [-0.05, 0) is 55.2 Å². The Bertz CT molecular complexity index is 1640. The van der Waals surface area contributed by atoms with Crippen molar-refractivity contribution in [2.75, 3.05) is 38.7 Å². The molecular weight excluding hydrogens is 592 g/mol. The van der Waals surface area contributed by atoms with E-state index in [1.165, 1.54) is 0 Å². The SMILES string of the molecule is COc1nc(-c2ccnc(-c3cccc(NC(=O)c4ccc(CNC[C@@H]5CCO5)cn4)c3C)c2Cl)ccc1CNC[C@H]1CCO1. The predicted molar refractivity (Wildman–Crippen MR) is 174 cm³/mol. The molecule has 234 valence electrons. The number of ether oxygens (including phenoxy) is 3. The fourth-order valence-corrected chi connectivity index (χ4v) is 5.58. The Morgan fingerprint density at radius 1 is 0.956 bits per heavy atom. The number of carbonyl (C=O) groups excluding carboxylic acids is 1. The van der Waals surface area contributed by atoms with Gasteiger partial charge in [0.05, 0.1) is 35.7 Å². The van der Waals surface area contributed by atoms with Gasteiger partial charge in [0, 0.05) is 74.2 Å². The molecule has 2 aliphatic rings. The molecule has 2 saturated heterocycles. The van der Waals surface area contributed by atoms with E-state index in [9.17, 15) is 4.79 Å². The first-order valence-electron chi connectivity index (χ1n) is 15.2. The molecular formula is C34H37ClN6O4. The van der Waals surface area contributed by atoms with Gasteiger partial charge in [0.25, 0.3) is 5.91 Å². The highest BCUT2D eigenvalue weighted by Crippen LogP contribution is 2.38. The van der Waals surface area contributed by atoms with E-state index in [4.69, 9.17) is 30.8 Å². The number of nitrogens with one attached hydrogen (secondary N) is 3. The molecule has 45 heavy (non-hydrogen) atoms. The molecule has 0 saturated carbocycles. The summed E-state index contributed by atoms with van der Waals surface area (Å²) in [6.07, 6.45) is 6.18.